The maximum absolute atomic E-state index is 12.6. The quantitative estimate of drug-likeness (QED) is 0.834. The van der Waals surface area contributed by atoms with Gasteiger partial charge in [-0.3, -0.25) is 9.10 Å². The number of carbonyl (C=O) groups is 1. The zero-order valence-electron chi connectivity index (χ0n) is 16.4. The Morgan fingerprint density at radius 1 is 1.19 bits per heavy atom. The number of piperidine rings is 1. The van der Waals surface area contributed by atoms with E-state index in [1.807, 2.05) is 13.0 Å². The summed E-state index contributed by atoms with van der Waals surface area (Å²) in [5.74, 6) is 0.728. The lowest BCUT2D eigenvalue weighted by Gasteiger charge is -2.30. The summed E-state index contributed by atoms with van der Waals surface area (Å²) in [5, 5.41) is 3.01. The Labute approximate surface area is 163 Å². The SMILES string of the molecule is Cc1ccc(C(=O)NCCC2CCN(C)CC2)cc1N1CCCCS1(=O)=O. The van der Waals surface area contributed by atoms with E-state index >= 15 is 0 Å². The van der Waals surface area contributed by atoms with Crippen molar-refractivity contribution < 1.29 is 13.2 Å². The molecule has 0 saturated carbocycles. The van der Waals surface area contributed by atoms with Crippen molar-refractivity contribution in [3.8, 4) is 0 Å². The lowest BCUT2D eigenvalue weighted by atomic mass is 9.94. The van der Waals surface area contributed by atoms with E-state index in [2.05, 4.69) is 17.3 Å². The molecule has 0 aromatic heterocycles. The molecule has 1 aromatic carbocycles. The second-order valence-electron chi connectivity index (χ2n) is 7.89. The number of aryl methyl sites for hydroxylation is 1. The van der Waals surface area contributed by atoms with Crippen LogP contribution in [0.15, 0.2) is 18.2 Å². The van der Waals surface area contributed by atoms with Gasteiger partial charge in [0.25, 0.3) is 5.91 Å². The summed E-state index contributed by atoms with van der Waals surface area (Å²) in [6.45, 7) is 5.30. The van der Waals surface area contributed by atoms with Crippen molar-refractivity contribution in [1.82, 2.24) is 10.2 Å². The van der Waals surface area contributed by atoms with E-state index in [1.165, 1.54) is 17.1 Å². The standard InChI is InChI=1S/C20H31N3O3S/c1-16-5-6-18(15-19(16)23-11-3-4-14-27(23,25)26)20(24)21-10-7-17-8-12-22(2)13-9-17/h5-6,15,17H,3-4,7-14H2,1-2H3,(H,21,24). The Morgan fingerprint density at radius 2 is 1.93 bits per heavy atom. The first-order chi connectivity index (χ1) is 12.9. The van der Waals surface area contributed by atoms with Crippen molar-refractivity contribution in [2.75, 3.05) is 43.3 Å². The summed E-state index contributed by atoms with van der Waals surface area (Å²) in [5.41, 5.74) is 2.04. The molecule has 2 saturated heterocycles. The van der Waals surface area contributed by atoms with Crippen LogP contribution in [0.3, 0.4) is 0 Å². The van der Waals surface area contributed by atoms with Gasteiger partial charge in [0.2, 0.25) is 10.0 Å². The van der Waals surface area contributed by atoms with Gasteiger partial charge in [-0.05, 0) is 82.8 Å². The fraction of sp³-hybridized carbons (Fsp3) is 0.650. The average Bonchev–Trinajstić information content (AvgIpc) is 2.64. The molecule has 0 bridgehead atoms. The molecular weight excluding hydrogens is 362 g/mol. The van der Waals surface area contributed by atoms with Crippen LogP contribution in [0, 0.1) is 12.8 Å². The van der Waals surface area contributed by atoms with E-state index < -0.39 is 10.0 Å². The van der Waals surface area contributed by atoms with Gasteiger partial charge in [0.1, 0.15) is 0 Å². The van der Waals surface area contributed by atoms with Gasteiger partial charge in [0.05, 0.1) is 11.4 Å². The van der Waals surface area contributed by atoms with Crippen molar-refractivity contribution in [3.05, 3.63) is 29.3 Å². The van der Waals surface area contributed by atoms with Gasteiger partial charge in [-0.25, -0.2) is 8.42 Å². The Hall–Kier alpha value is -1.60. The molecule has 2 aliphatic rings. The van der Waals surface area contributed by atoms with Gasteiger partial charge in [-0.15, -0.1) is 0 Å². The molecule has 150 valence electrons. The number of likely N-dealkylation sites (tertiary alicyclic amines) is 1. The summed E-state index contributed by atoms with van der Waals surface area (Å²) < 4.78 is 26.3. The average molecular weight is 394 g/mol. The lowest BCUT2D eigenvalue weighted by Crippen LogP contribution is -2.38. The third-order valence-corrected chi connectivity index (χ3v) is 7.62. The fourth-order valence-electron chi connectivity index (χ4n) is 3.92. The van der Waals surface area contributed by atoms with Gasteiger partial charge in [0, 0.05) is 18.7 Å². The number of carbonyl (C=O) groups excluding carboxylic acids is 1. The number of rotatable bonds is 5. The Bertz CT molecular complexity index is 771. The Kier molecular flexibility index (Phi) is 6.42. The molecule has 0 spiro atoms. The predicted octanol–water partition coefficient (Wildman–Crippen LogP) is 2.39. The minimum Gasteiger partial charge on any atom is -0.352 e. The molecule has 0 aliphatic carbocycles. The van der Waals surface area contributed by atoms with Gasteiger partial charge >= 0.3 is 0 Å². The van der Waals surface area contributed by atoms with E-state index in [0.717, 1.165) is 31.5 Å². The van der Waals surface area contributed by atoms with Crippen LogP contribution < -0.4 is 9.62 Å². The largest absolute Gasteiger partial charge is 0.352 e. The normalized spacial score (nSPS) is 21.2. The van der Waals surface area contributed by atoms with Crippen LogP contribution in [0.5, 0.6) is 0 Å². The topological polar surface area (TPSA) is 69.7 Å². The molecule has 3 rings (SSSR count). The number of nitrogens with zero attached hydrogens (tertiary/aromatic N) is 2. The number of anilines is 1. The molecule has 7 heteroatoms. The maximum atomic E-state index is 12.6. The molecular formula is C20H31N3O3S. The third-order valence-electron chi connectivity index (χ3n) is 5.77. The molecule has 0 atom stereocenters. The van der Waals surface area contributed by atoms with Crippen LogP contribution in [0.25, 0.3) is 0 Å². The molecule has 2 aliphatic heterocycles. The zero-order valence-corrected chi connectivity index (χ0v) is 17.2. The van der Waals surface area contributed by atoms with E-state index in [4.69, 9.17) is 0 Å². The summed E-state index contributed by atoms with van der Waals surface area (Å²) in [6.07, 6.45) is 4.93. The Balaban J connectivity index is 1.62. The summed E-state index contributed by atoms with van der Waals surface area (Å²) >= 11 is 0. The number of nitrogens with one attached hydrogen (secondary N) is 1. The molecule has 0 radical (unpaired) electrons. The van der Waals surface area contributed by atoms with E-state index in [0.29, 0.717) is 36.7 Å². The second-order valence-corrected chi connectivity index (χ2v) is 9.90. The highest BCUT2D eigenvalue weighted by Gasteiger charge is 2.27. The Morgan fingerprint density at radius 3 is 2.63 bits per heavy atom. The maximum Gasteiger partial charge on any atom is 0.251 e. The zero-order chi connectivity index (χ0) is 19.4. The summed E-state index contributed by atoms with van der Waals surface area (Å²) in [4.78, 5) is 14.9. The number of hydrogen-bond acceptors (Lipinski definition) is 4. The first kappa shape index (κ1) is 20.1. The van der Waals surface area contributed by atoms with Crippen molar-refractivity contribution in [1.29, 1.82) is 0 Å². The molecule has 1 N–H and O–H groups in total. The minimum atomic E-state index is -3.28. The summed E-state index contributed by atoms with van der Waals surface area (Å²) in [6, 6.07) is 5.34. The lowest BCUT2D eigenvalue weighted by molar-refractivity contribution is 0.0949. The van der Waals surface area contributed by atoms with Crippen LogP contribution in [-0.4, -0.2) is 58.2 Å². The van der Waals surface area contributed by atoms with Gasteiger partial charge in [-0.2, -0.15) is 0 Å². The number of sulfonamides is 1. The van der Waals surface area contributed by atoms with Gasteiger partial charge in [0.15, 0.2) is 0 Å². The van der Waals surface area contributed by atoms with Crippen LogP contribution >= 0.6 is 0 Å². The van der Waals surface area contributed by atoms with Crippen LogP contribution in [0.4, 0.5) is 5.69 Å². The van der Waals surface area contributed by atoms with Crippen LogP contribution in [0.2, 0.25) is 0 Å². The molecule has 0 unspecified atom stereocenters. The van der Waals surface area contributed by atoms with Crippen molar-refractivity contribution in [2.24, 2.45) is 5.92 Å². The molecule has 1 amide bonds. The second kappa shape index (κ2) is 8.61. The molecule has 6 nitrogen and oxygen atoms in total. The number of amides is 1. The van der Waals surface area contributed by atoms with Crippen LogP contribution in [0.1, 0.15) is 48.0 Å². The highest BCUT2D eigenvalue weighted by atomic mass is 32.2. The van der Waals surface area contributed by atoms with Gasteiger partial charge in [-0.1, -0.05) is 6.07 Å². The van der Waals surface area contributed by atoms with Crippen molar-refractivity contribution in [3.63, 3.8) is 0 Å². The smallest absolute Gasteiger partial charge is 0.251 e. The highest BCUT2D eigenvalue weighted by Crippen LogP contribution is 2.28. The van der Waals surface area contributed by atoms with Crippen molar-refractivity contribution >= 4 is 21.6 Å². The monoisotopic (exact) mass is 393 g/mol. The first-order valence-electron chi connectivity index (χ1n) is 9.94. The van der Waals surface area contributed by atoms with Gasteiger partial charge < -0.3 is 10.2 Å². The third kappa shape index (κ3) is 5.02. The number of benzene rings is 1. The highest BCUT2D eigenvalue weighted by molar-refractivity contribution is 7.92. The number of hydrogen-bond donors (Lipinski definition) is 1. The minimum absolute atomic E-state index is 0.126. The van der Waals surface area contributed by atoms with Crippen LogP contribution in [-0.2, 0) is 10.0 Å². The predicted molar refractivity (Wildman–Crippen MR) is 109 cm³/mol. The van der Waals surface area contributed by atoms with E-state index in [1.54, 1.807) is 12.1 Å². The fourth-order valence-corrected chi connectivity index (χ4v) is 5.61. The molecule has 27 heavy (non-hydrogen) atoms. The van der Waals surface area contributed by atoms with Crippen molar-refractivity contribution in [2.45, 2.75) is 39.0 Å². The molecule has 2 heterocycles. The molecule has 1 aromatic rings. The van der Waals surface area contributed by atoms with E-state index in [9.17, 15) is 13.2 Å². The van der Waals surface area contributed by atoms with E-state index in [-0.39, 0.29) is 11.7 Å². The first-order valence-corrected chi connectivity index (χ1v) is 11.6. The molecule has 2 fully saturated rings. The summed E-state index contributed by atoms with van der Waals surface area (Å²) in [7, 11) is -1.13.